The van der Waals surface area contributed by atoms with E-state index in [1.807, 2.05) is 36.9 Å². The van der Waals surface area contributed by atoms with E-state index < -0.39 is 0 Å². The Morgan fingerprint density at radius 1 is 1.33 bits per heavy atom. The number of benzene rings is 1. The van der Waals surface area contributed by atoms with Crippen LogP contribution in [0.4, 0.5) is 0 Å². The number of carbonyl (C=O) groups is 1. The van der Waals surface area contributed by atoms with Gasteiger partial charge in [0.25, 0.3) is 5.91 Å². The van der Waals surface area contributed by atoms with Gasteiger partial charge in [-0.2, -0.15) is 0 Å². The molecule has 5 heteroatoms. The second-order valence-electron chi connectivity index (χ2n) is 5.80. The first-order chi connectivity index (χ1) is 9.97. The summed E-state index contributed by atoms with van der Waals surface area (Å²) in [6.45, 7) is 7.37. The summed E-state index contributed by atoms with van der Waals surface area (Å²) in [5.41, 5.74) is 7.98. The number of rotatable bonds is 4. The van der Waals surface area contributed by atoms with Crippen LogP contribution in [0.15, 0.2) is 18.2 Å². The molecule has 2 rings (SSSR count). The van der Waals surface area contributed by atoms with Gasteiger partial charge >= 0.3 is 0 Å². The molecule has 1 aliphatic heterocycles. The van der Waals surface area contributed by atoms with Crippen LogP contribution < -0.4 is 10.5 Å². The van der Waals surface area contributed by atoms with Crippen LogP contribution in [-0.2, 0) is 4.79 Å². The van der Waals surface area contributed by atoms with E-state index in [1.165, 1.54) is 0 Å². The zero-order valence-corrected chi connectivity index (χ0v) is 13.1. The van der Waals surface area contributed by atoms with Gasteiger partial charge in [-0.3, -0.25) is 4.79 Å². The van der Waals surface area contributed by atoms with Crippen molar-refractivity contribution in [2.24, 2.45) is 5.73 Å². The molecule has 0 aliphatic carbocycles. The van der Waals surface area contributed by atoms with Gasteiger partial charge in [0, 0.05) is 37.8 Å². The predicted octanol–water partition coefficient (Wildman–Crippen LogP) is 1.17. The molecule has 1 heterocycles. The fourth-order valence-electron chi connectivity index (χ4n) is 2.43. The number of piperazine rings is 1. The molecule has 1 amide bonds. The van der Waals surface area contributed by atoms with Crippen LogP contribution in [0.3, 0.4) is 0 Å². The van der Waals surface area contributed by atoms with Crippen molar-refractivity contribution in [1.29, 1.82) is 0 Å². The van der Waals surface area contributed by atoms with Crippen LogP contribution in [0.5, 0.6) is 5.75 Å². The van der Waals surface area contributed by atoms with Crippen LogP contribution in [-0.4, -0.2) is 55.5 Å². The predicted molar refractivity (Wildman–Crippen MR) is 83.4 cm³/mol. The van der Waals surface area contributed by atoms with Gasteiger partial charge in [0.05, 0.1) is 0 Å². The first-order valence-electron chi connectivity index (χ1n) is 7.42. The highest BCUT2D eigenvalue weighted by molar-refractivity contribution is 5.78. The van der Waals surface area contributed by atoms with Gasteiger partial charge in [-0.25, -0.2) is 0 Å². The quantitative estimate of drug-likeness (QED) is 0.904. The molecular formula is C16H25N3O2. The van der Waals surface area contributed by atoms with Gasteiger partial charge in [-0.15, -0.1) is 0 Å². The standard InChI is InChI=1S/C16H25N3O2/c1-12-4-5-14(13(2)17)15(10-12)21-11-16(20)19-8-6-18(3)7-9-19/h4-5,10,13H,6-9,11,17H2,1-3H3/t13-/m1/s1. The Bertz CT molecular complexity index is 494. The summed E-state index contributed by atoms with van der Waals surface area (Å²) in [5.74, 6) is 0.757. The van der Waals surface area contributed by atoms with Crippen LogP contribution in [0.1, 0.15) is 24.1 Å². The summed E-state index contributed by atoms with van der Waals surface area (Å²) < 4.78 is 5.74. The van der Waals surface area contributed by atoms with E-state index in [-0.39, 0.29) is 18.6 Å². The highest BCUT2D eigenvalue weighted by atomic mass is 16.5. The number of hydrogen-bond donors (Lipinski definition) is 1. The van der Waals surface area contributed by atoms with Gasteiger partial charge in [-0.1, -0.05) is 12.1 Å². The van der Waals surface area contributed by atoms with Crippen molar-refractivity contribution in [2.45, 2.75) is 19.9 Å². The van der Waals surface area contributed by atoms with Crippen molar-refractivity contribution < 1.29 is 9.53 Å². The molecule has 0 saturated carbocycles. The van der Waals surface area contributed by atoms with Crippen LogP contribution in [0.25, 0.3) is 0 Å². The molecule has 0 radical (unpaired) electrons. The average Bonchev–Trinajstić information content (AvgIpc) is 2.45. The Labute approximate surface area is 126 Å². The zero-order valence-electron chi connectivity index (χ0n) is 13.1. The number of aryl methyl sites for hydroxylation is 1. The van der Waals surface area contributed by atoms with Crippen molar-refractivity contribution in [2.75, 3.05) is 39.8 Å². The minimum atomic E-state index is -0.112. The number of likely N-dealkylation sites (N-methyl/N-ethyl adjacent to an activating group) is 1. The summed E-state index contributed by atoms with van der Waals surface area (Å²) in [5, 5.41) is 0. The first-order valence-corrected chi connectivity index (χ1v) is 7.42. The Kier molecular flexibility index (Phi) is 5.20. The van der Waals surface area contributed by atoms with E-state index in [2.05, 4.69) is 11.9 Å². The fraction of sp³-hybridized carbons (Fsp3) is 0.562. The maximum absolute atomic E-state index is 12.2. The molecule has 0 unspecified atom stereocenters. The third-order valence-corrected chi connectivity index (χ3v) is 3.87. The van der Waals surface area contributed by atoms with Crippen molar-refractivity contribution in [1.82, 2.24) is 9.80 Å². The van der Waals surface area contributed by atoms with Crippen LogP contribution in [0, 0.1) is 6.92 Å². The minimum Gasteiger partial charge on any atom is -0.483 e. The van der Waals surface area contributed by atoms with E-state index in [9.17, 15) is 4.79 Å². The lowest BCUT2D eigenvalue weighted by Gasteiger charge is -2.32. The second-order valence-corrected chi connectivity index (χ2v) is 5.80. The Morgan fingerprint density at radius 3 is 2.62 bits per heavy atom. The van der Waals surface area contributed by atoms with Crippen molar-refractivity contribution in [3.8, 4) is 5.75 Å². The molecule has 0 bridgehead atoms. The fourth-order valence-corrected chi connectivity index (χ4v) is 2.43. The molecule has 1 saturated heterocycles. The molecule has 0 spiro atoms. The lowest BCUT2D eigenvalue weighted by Crippen LogP contribution is -2.48. The topological polar surface area (TPSA) is 58.8 Å². The molecule has 0 aromatic heterocycles. The Hall–Kier alpha value is -1.59. The van der Waals surface area contributed by atoms with E-state index in [0.29, 0.717) is 5.75 Å². The van der Waals surface area contributed by atoms with E-state index in [4.69, 9.17) is 10.5 Å². The van der Waals surface area contributed by atoms with Gasteiger partial charge in [0.15, 0.2) is 6.61 Å². The number of carbonyl (C=O) groups excluding carboxylic acids is 1. The molecular weight excluding hydrogens is 266 g/mol. The van der Waals surface area contributed by atoms with Gasteiger partial charge in [-0.05, 0) is 32.5 Å². The number of amides is 1. The Balaban J connectivity index is 1.96. The van der Waals surface area contributed by atoms with E-state index in [0.717, 1.165) is 37.3 Å². The molecule has 1 fully saturated rings. The van der Waals surface area contributed by atoms with Crippen LogP contribution >= 0.6 is 0 Å². The second kappa shape index (κ2) is 6.91. The maximum atomic E-state index is 12.2. The number of ether oxygens (including phenoxy) is 1. The SMILES string of the molecule is Cc1ccc([C@@H](C)N)c(OCC(=O)N2CCN(C)CC2)c1. The molecule has 116 valence electrons. The molecule has 1 aromatic rings. The third-order valence-electron chi connectivity index (χ3n) is 3.87. The number of hydrogen-bond acceptors (Lipinski definition) is 4. The highest BCUT2D eigenvalue weighted by Gasteiger charge is 2.20. The summed E-state index contributed by atoms with van der Waals surface area (Å²) in [6.07, 6.45) is 0. The van der Waals surface area contributed by atoms with Gasteiger partial charge in [0.2, 0.25) is 0 Å². The molecule has 5 nitrogen and oxygen atoms in total. The Morgan fingerprint density at radius 2 is 2.00 bits per heavy atom. The normalized spacial score (nSPS) is 17.6. The first kappa shape index (κ1) is 15.8. The molecule has 21 heavy (non-hydrogen) atoms. The van der Waals surface area contributed by atoms with E-state index in [1.54, 1.807) is 0 Å². The van der Waals surface area contributed by atoms with Crippen molar-refractivity contribution in [3.63, 3.8) is 0 Å². The summed E-state index contributed by atoms with van der Waals surface area (Å²) >= 11 is 0. The minimum absolute atomic E-state index is 0.0419. The van der Waals surface area contributed by atoms with Crippen LogP contribution in [0.2, 0.25) is 0 Å². The number of nitrogens with two attached hydrogens (primary N) is 1. The maximum Gasteiger partial charge on any atom is 0.260 e. The largest absolute Gasteiger partial charge is 0.483 e. The average molecular weight is 291 g/mol. The third kappa shape index (κ3) is 4.19. The smallest absolute Gasteiger partial charge is 0.260 e. The molecule has 1 aromatic carbocycles. The van der Waals surface area contributed by atoms with Gasteiger partial charge in [0.1, 0.15) is 5.75 Å². The summed E-state index contributed by atoms with van der Waals surface area (Å²) in [6, 6.07) is 5.80. The summed E-state index contributed by atoms with van der Waals surface area (Å²) in [4.78, 5) is 16.3. The zero-order chi connectivity index (χ0) is 15.4. The lowest BCUT2D eigenvalue weighted by atomic mass is 10.1. The van der Waals surface area contributed by atoms with Gasteiger partial charge < -0.3 is 20.3 Å². The van der Waals surface area contributed by atoms with E-state index >= 15 is 0 Å². The highest BCUT2D eigenvalue weighted by Crippen LogP contribution is 2.25. The molecule has 1 aliphatic rings. The lowest BCUT2D eigenvalue weighted by molar-refractivity contribution is -0.134. The van der Waals surface area contributed by atoms with Crippen molar-refractivity contribution in [3.05, 3.63) is 29.3 Å². The monoisotopic (exact) mass is 291 g/mol. The van der Waals surface area contributed by atoms with Crippen molar-refractivity contribution >= 4 is 5.91 Å². The number of nitrogens with zero attached hydrogens (tertiary/aromatic N) is 2. The molecule has 1 atom stereocenters. The summed E-state index contributed by atoms with van der Waals surface area (Å²) in [7, 11) is 2.07. The molecule has 2 N–H and O–H groups in total.